The highest BCUT2D eigenvalue weighted by Crippen LogP contribution is 2.34. The number of carbonyl (C=O) groups excluding carboxylic acids is 4. The van der Waals surface area contributed by atoms with Crippen LogP contribution in [-0.2, 0) is 19.1 Å². The molecular formula is C41H49N9O6. The van der Waals surface area contributed by atoms with Crippen molar-refractivity contribution in [3.05, 3.63) is 60.2 Å². The fourth-order valence-electron chi connectivity index (χ4n) is 7.97. The molecule has 0 unspecified atom stereocenters. The van der Waals surface area contributed by atoms with Gasteiger partial charge in [-0.15, -0.1) is 0 Å². The summed E-state index contributed by atoms with van der Waals surface area (Å²) in [6.45, 7) is 8.79. The van der Waals surface area contributed by atoms with E-state index in [-0.39, 0.29) is 35.7 Å². The van der Waals surface area contributed by atoms with Gasteiger partial charge in [-0.05, 0) is 72.9 Å². The Balaban J connectivity index is 1.04. The lowest BCUT2D eigenvalue weighted by molar-refractivity contribution is -0.135. The maximum atomic E-state index is 13.6. The van der Waals surface area contributed by atoms with Crippen molar-refractivity contribution in [2.24, 2.45) is 16.8 Å². The summed E-state index contributed by atoms with van der Waals surface area (Å²) < 4.78 is 9.53. The molecule has 2 aromatic carbocycles. The molecule has 3 aliphatic rings. The normalized spacial score (nSPS) is 19.4. The lowest BCUT2D eigenvalue weighted by Gasteiger charge is -2.31. The number of benzene rings is 2. The lowest BCUT2D eigenvalue weighted by Crippen LogP contribution is -2.53. The van der Waals surface area contributed by atoms with E-state index in [4.69, 9.17) is 24.4 Å². The summed E-state index contributed by atoms with van der Waals surface area (Å²) in [5.41, 5.74) is 7.69. The van der Waals surface area contributed by atoms with Crippen molar-refractivity contribution in [3.63, 3.8) is 0 Å². The summed E-state index contributed by atoms with van der Waals surface area (Å²) in [6.07, 6.45) is 6.30. The number of methoxy groups -OCH3 is 2. The monoisotopic (exact) mass is 763 g/mol. The number of aromatic nitrogens is 4. The number of allylic oxidation sites excluding steroid dienone is 1. The Kier molecular flexibility index (Phi) is 11.0. The van der Waals surface area contributed by atoms with Crippen molar-refractivity contribution in [2.75, 3.05) is 27.3 Å². The zero-order valence-electron chi connectivity index (χ0n) is 32.7. The topological polar surface area (TPSA) is 184 Å². The van der Waals surface area contributed by atoms with E-state index in [0.29, 0.717) is 25.3 Å². The molecular weight excluding hydrogens is 715 g/mol. The van der Waals surface area contributed by atoms with Crippen molar-refractivity contribution in [3.8, 4) is 11.3 Å². The average Bonchev–Trinajstić information content (AvgIpc) is 4.03. The quantitative estimate of drug-likeness (QED) is 0.169. The minimum Gasteiger partial charge on any atom is -0.453 e. The summed E-state index contributed by atoms with van der Waals surface area (Å²) in [4.78, 5) is 77.6. The second-order valence-corrected chi connectivity index (χ2v) is 15.4. The van der Waals surface area contributed by atoms with Crippen LogP contribution in [0.2, 0.25) is 0 Å². The minimum atomic E-state index is -0.704. The minimum absolute atomic E-state index is 0.101. The molecule has 2 saturated heterocycles. The Morgan fingerprint density at radius 3 is 1.86 bits per heavy atom. The number of nitrogens with one attached hydrogen (secondary N) is 3. The molecule has 3 aliphatic heterocycles. The molecule has 2 fully saturated rings. The van der Waals surface area contributed by atoms with Crippen LogP contribution in [0.25, 0.3) is 38.9 Å². The first-order chi connectivity index (χ1) is 26.9. The zero-order chi connectivity index (χ0) is 39.7. The fourth-order valence-corrected chi connectivity index (χ4v) is 7.97. The number of nitrogens with zero attached hydrogens (tertiary/aromatic N) is 6. The first kappa shape index (κ1) is 38.4. The first-order valence-electron chi connectivity index (χ1n) is 19.3. The third kappa shape index (κ3) is 7.66. The van der Waals surface area contributed by atoms with Crippen LogP contribution >= 0.6 is 0 Å². The van der Waals surface area contributed by atoms with Gasteiger partial charge >= 0.3 is 12.2 Å². The largest absolute Gasteiger partial charge is 0.453 e. The number of hydrogen-bond acceptors (Lipinski definition) is 10. The van der Waals surface area contributed by atoms with Crippen LogP contribution in [0.3, 0.4) is 0 Å². The summed E-state index contributed by atoms with van der Waals surface area (Å²) in [5.74, 6) is 0.201. The van der Waals surface area contributed by atoms with Crippen molar-refractivity contribution >= 4 is 57.4 Å². The molecule has 15 heteroatoms. The van der Waals surface area contributed by atoms with E-state index in [2.05, 4.69) is 20.6 Å². The lowest BCUT2D eigenvalue weighted by atomic mass is 9.97. The Morgan fingerprint density at radius 1 is 0.750 bits per heavy atom. The molecule has 7 rings (SSSR count). The summed E-state index contributed by atoms with van der Waals surface area (Å²) in [5, 5.41) is 5.40. The van der Waals surface area contributed by atoms with E-state index < -0.39 is 24.3 Å². The van der Waals surface area contributed by atoms with Crippen LogP contribution in [0.4, 0.5) is 9.59 Å². The van der Waals surface area contributed by atoms with Gasteiger partial charge in [0.1, 0.15) is 17.9 Å². The number of fused-ring (bicyclic) bond motifs is 2. The van der Waals surface area contributed by atoms with Crippen LogP contribution in [0.5, 0.6) is 0 Å². The molecule has 0 radical (unpaired) electrons. The van der Waals surface area contributed by atoms with Crippen LogP contribution in [0.1, 0.15) is 77.2 Å². The number of carbonyl (C=O) groups is 4. The molecule has 0 aliphatic carbocycles. The van der Waals surface area contributed by atoms with Gasteiger partial charge in [0, 0.05) is 37.0 Å². The van der Waals surface area contributed by atoms with Gasteiger partial charge in [0.15, 0.2) is 0 Å². The molecule has 15 nitrogen and oxygen atoms in total. The molecule has 4 aromatic rings. The second-order valence-electron chi connectivity index (χ2n) is 15.4. The number of alkyl carbamates (subject to hydrolysis) is 2. The van der Waals surface area contributed by atoms with Crippen molar-refractivity contribution in [1.82, 2.24) is 40.4 Å². The van der Waals surface area contributed by atoms with E-state index in [1.54, 1.807) is 11.1 Å². The number of imidazole rings is 1. The highest BCUT2D eigenvalue weighted by atomic mass is 16.5. The number of amides is 4. The van der Waals surface area contributed by atoms with E-state index >= 15 is 0 Å². The molecule has 294 valence electrons. The summed E-state index contributed by atoms with van der Waals surface area (Å²) in [7, 11) is 2.58. The van der Waals surface area contributed by atoms with Crippen molar-refractivity contribution in [1.29, 1.82) is 0 Å². The van der Waals surface area contributed by atoms with Crippen LogP contribution in [-0.4, -0.2) is 105 Å². The molecule has 0 saturated carbocycles. The van der Waals surface area contributed by atoms with E-state index in [0.717, 1.165) is 75.9 Å². The van der Waals surface area contributed by atoms with Gasteiger partial charge in [0.05, 0.1) is 60.3 Å². The van der Waals surface area contributed by atoms with Gasteiger partial charge in [0.25, 0.3) is 0 Å². The first-order valence-corrected chi connectivity index (χ1v) is 19.3. The van der Waals surface area contributed by atoms with E-state index in [1.165, 1.54) is 14.2 Å². The number of likely N-dealkylation sites (tertiary alicyclic amines) is 2. The Bertz CT molecular complexity index is 2230. The standard InChI is InChI=1S/C41H49N9O6/c1-22(2)35(47-40(53)55-5)38(51)49-15-7-9-33(49)31-19-26(20-42-31)24-11-13-27-29(17-24)44-28-14-12-25(18-30(28)45-27)32-21-43-37(46-32)34-10-8-16-50(34)39(52)36(23(3)4)48-41(54)56-6/h11-14,17-18,20-23,33-36H,7-10,15-16,19H2,1-6H3,(H,43,46)(H,47,53)(H,48,54)/t33-,34-,35-,36-/m0/s1. The van der Waals surface area contributed by atoms with Gasteiger partial charge in [-0.25, -0.2) is 24.5 Å². The highest BCUT2D eigenvalue weighted by Gasteiger charge is 2.39. The predicted molar refractivity (Wildman–Crippen MR) is 211 cm³/mol. The van der Waals surface area contributed by atoms with Crippen molar-refractivity contribution in [2.45, 2.75) is 84.0 Å². The number of hydrogen-bond donors (Lipinski definition) is 3. The third-order valence-electron chi connectivity index (χ3n) is 11.0. The number of aromatic amines is 1. The number of H-pyrrole nitrogens is 1. The predicted octanol–water partition coefficient (Wildman–Crippen LogP) is 5.77. The third-order valence-corrected chi connectivity index (χ3v) is 11.0. The van der Waals surface area contributed by atoms with E-state index in [1.807, 2.05) is 75.2 Å². The summed E-state index contributed by atoms with van der Waals surface area (Å²) >= 11 is 0. The SMILES string of the molecule is COC(=O)N[C@H](C(=O)N1CCC[C@H]1C1=NC=C(c2ccc3nc4cc(-c5cnc([C@@H]6CCCN6C(=O)[C@@H](NC(=O)OC)C(C)C)[nH]5)ccc4nc3c2)C1)C(C)C. The molecule has 5 heterocycles. The second kappa shape index (κ2) is 16.1. The van der Waals surface area contributed by atoms with Crippen LogP contribution in [0.15, 0.2) is 53.8 Å². The Hall–Kier alpha value is -5.86. The Morgan fingerprint density at radius 2 is 1.29 bits per heavy atom. The maximum absolute atomic E-state index is 13.6. The summed E-state index contributed by atoms with van der Waals surface area (Å²) in [6, 6.07) is 10.2. The number of ether oxygens (including phenoxy) is 2. The van der Waals surface area contributed by atoms with Gasteiger partial charge in [0.2, 0.25) is 11.8 Å². The van der Waals surface area contributed by atoms with Crippen LogP contribution in [0, 0.1) is 11.8 Å². The molecule has 56 heavy (non-hydrogen) atoms. The molecule has 4 amide bonds. The smallest absolute Gasteiger partial charge is 0.407 e. The molecule has 0 bridgehead atoms. The van der Waals surface area contributed by atoms with Gasteiger partial charge in [-0.2, -0.15) is 0 Å². The molecule has 0 spiro atoms. The molecule has 4 atom stereocenters. The molecule has 2 aromatic heterocycles. The Labute approximate surface area is 325 Å². The molecule has 3 N–H and O–H groups in total. The average molecular weight is 764 g/mol. The van der Waals surface area contributed by atoms with Gasteiger partial charge < -0.3 is 34.9 Å². The number of rotatable bonds is 10. The van der Waals surface area contributed by atoms with Gasteiger partial charge in [-0.1, -0.05) is 39.8 Å². The maximum Gasteiger partial charge on any atom is 0.407 e. The zero-order valence-corrected chi connectivity index (χ0v) is 32.7. The highest BCUT2D eigenvalue weighted by molar-refractivity contribution is 6.04. The fraction of sp³-hybridized carbons (Fsp3) is 0.463. The van der Waals surface area contributed by atoms with E-state index in [9.17, 15) is 19.2 Å². The van der Waals surface area contributed by atoms with Gasteiger partial charge in [-0.3, -0.25) is 14.6 Å². The number of aliphatic imine (C=N–C) groups is 1. The van der Waals surface area contributed by atoms with Crippen molar-refractivity contribution < 1.29 is 28.7 Å². The van der Waals surface area contributed by atoms with Crippen LogP contribution < -0.4 is 10.6 Å².